The smallest absolute Gasteiger partial charge is 0.160 e. The van der Waals surface area contributed by atoms with E-state index >= 15 is 0 Å². The minimum Gasteiger partial charge on any atom is -0.393 e. The minimum absolute atomic E-state index is 0.0378. The van der Waals surface area contributed by atoms with Crippen molar-refractivity contribution in [1.82, 2.24) is 0 Å². The first-order valence-electron chi connectivity index (χ1n) is 11.4. The van der Waals surface area contributed by atoms with E-state index in [4.69, 9.17) is 4.74 Å². The summed E-state index contributed by atoms with van der Waals surface area (Å²) in [5, 5.41) is 21.1. The molecular weight excluding hydrogens is 336 g/mol. The monoisotopic (exact) mass is 378 g/mol. The Morgan fingerprint density at radius 2 is 1.67 bits per heavy atom. The van der Waals surface area contributed by atoms with Gasteiger partial charge in [-0.3, -0.25) is 0 Å². The topological polar surface area (TPSA) is 49.7 Å². The van der Waals surface area contributed by atoms with Crippen LogP contribution in [0.5, 0.6) is 0 Å². The highest BCUT2D eigenvalue weighted by atomic mass is 16.6. The molecule has 0 aliphatic heterocycles. The summed E-state index contributed by atoms with van der Waals surface area (Å²) in [6, 6.07) is 0. The van der Waals surface area contributed by atoms with Crippen LogP contribution >= 0.6 is 0 Å². The van der Waals surface area contributed by atoms with Crippen molar-refractivity contribution in [2.24, 2.45) is 34.5 Å². The highest BCUT2D eigenvalue weighted by molar-refractivity contribution is 5.15. The van der Waals surface area contributed by atoms with Crippen LogP contribution in [-0.4, -0.2) is 28.2 Å². The predicted molar refractivity (Wildman–Crippen MR) is 110 cm³/mol. The molecule has 156 valence electrons. The molecule has 4 aliphatic rings. The summed E-state index contributed by atoms with van der Waals surface area (Å²) in [4.78, 5) is 0. The van der Waals surface area contributed by atoms with E-state index in [2.05, 4.69) is 26.0 Å². The lowest BCUT2D eigenvalue weighted by Crippen LogP contribution is -2.59. The van der Waals surface area contributed by atoms with Crippen LogP contribution in [0.2, 0.25) is 0 Å². The molecule has 3 fully saturated rings. The van der Waals surface area contributed by atoms with Gasteiger partial charge in [0.1, 0.15) is 0 Å². The van der Waals surface area contributed by atoms with E-state index in [1.807, 2.05) is 13.8 Å². The molecule has 3 heteroatoms. The van der Waals surface area contributed by atoms with Gasteiger partial charge in [-0.1, -0.05) is 39.8 Å². The van der Waals surface area contributed by atoms with E-state index in [9.17, 15) is 10.2 Å². The lowest BCUT2D eigenvalue weighted by Gasteiger charge is -2.61. The molecule has 27 heavy (non-hydrogen) atoms. The number of fused-ring (bicyclic) bond motifs is 5. The summed E-state index contributed by atoms with van der Waals surface area (Å²) in [5.41, 5.74) is 0.393. The van der Waals surface area contributed by atoms with Gasteiger partial charge in [0.2, 0.25) is 0 Å². The molecule has 0 aromatic heterocycles. The minimum atomic E-state index is -1.09. The quantitative estimate of drug-likeness (QED) is 0.506. The van der Waals surface area contributed by atoms with Crippen LogP contribution in [0.25, 0.3) is 0 Å². The van der Waals surface area contributed by atoms with E-state index in [0.717, 1.165) is 25.7 Å². The third kappa shape index (κ3) is 3.53. The largest absolute Gasteiger partial charge is 0.393 e. The van der Waals surface area contributed by atoms with Gasteiger partial charge in [0.05, 0.1) is 12.2 Å². The van der Waals surface area contributed by atoms with Crippen molar-refractivity contribution in [1.29, 1.82) is 0 Å². The van der Waals surface area contributed by atoms with E-state index in [1.54, 1.807) is 13.8 Å². The van der Waals surface area contributed by atoms with E-state index in [-0.39, 0.29) is 17.6 Å². The molecule has 0 radical (unpaired) electrons. The summed E-state index contributed by atoms with van der Waals surface area (Å²) >= 11 is 0. The Hall–Kier alpha value is -0.380. The Kier molecular flexibility index (Phi) is 5.90. The van der Waals surface area contributed by atoms with E-state index in [1.165, 1.54) is 19.3 Å². The maximum absolute atomic E-state index is 10.7. The van der Waals surface area contributed by atoms with Crippen molar-refractivity contribution >= 4 is 0 Å². The molecule has 3 nitrogen and oxygen atoms in total. The van der Waals surface area contributed by atoms with Crippen LogP contribution in [0.3, 0.4) is 0 Å². The van der Waals surface area contributed by atoms with Crippen LogP contribution in [0.15, 0.2) is 12.2 Å². The SMILES string of the molecule is CC.CC(C)(O)O[C@H]1CC2C=CCC[C@]2(C)C2CC[C@]3(C)C(O)CCC3C21. The average Bonchev–Trinajstić information content (AvgIpc) is 2.91. The van der Waals surface area contributed by atoms with Crippen molar-refractivity contribution in [3.63, 3.8) is 0 Å². The first-order valence-corrected chi connectivity index (χ1v) is 11.4. The number of hydrogen-bond acceptors (Lipinski definition) is 3. The van der Waals surface area contributed by atoms with Gasteiger partial charge in [-0.05, 0) is 93.3 Å². The van der Waals surface area contributed by atoms with Crippen LogP contribution in [0.1, 0.15) is 86.5 Å². The van der Waals surface area contributed by atoms with Crippen molar-refractivity contribution in [2.45, 2.75) is 104 Å². The third-order valence-corrected chi connectivity index (χ3v) is 8.55. The first kappa shape index (κ1) is 21.3. The number of rotatable bonds is 2. The number of aliphatic hydroxyl groups excluding tert-OH is 1. The molecule has 0 heterocycles. The summed E-state index contributed by atoms with van der Waals surface area (Å²) in [7, 11) is 0. The molecule has 0 spiro atoms. The Balaban J connectivity index is 0.00000102. The number of allylic oxidation sites excluding steroid dienone is 2. The fraction of sp³-hybridized carbons (Fsp3) is 0.917. The number of aliphatic hydroxyl groups is 2. The zero-order valence-electron chi connectivity index (χ0n) is 18.4. The molecule has 5 unspecified atom stereocenters. The molecule has 0 aromatic rings. The Morgan fingerprint density at radius 1 is 1.00 bits per heavy atom. The number of hydrogen-bond donors (Lipinski definition) is 2. The van der Waals surface area contributed by atoms with Crippen molar-refractivity contribution in [3.05, 3.63) is 12.2 Å². The van der Waals surface area contributed by atoms with E-state index in [0.29, 0.717) is 29.1 Å². The molecule has 0 bridgehead atoms. The van der Waals surface area contributed by atoms with Gasteiger partial charge in [-0.2, -0.15) is 0 Å². The predicted octanol–water partition coefficient (Wildman–Crippen LogP) is 5.31. The van der Waals surface area contributed by atoms with Crippen molar-refractivity contribution in [2.75, 3.05) is 0 Å². The normalized spacial score (nSPS) is 48.7. The maximum Gasteiger partial charge on any atom is 0.160 e. The number of ether oxygens (including phenoxy) is 1. The second-order valence-corrected chi connectivity index (χ2v) is 10.3. The molecule has 2 N–H and O–H groups in total. The molecule has 0 aromatic carbocycles. The van der Waals surface area contributed by atoms with Gasteiger partial charge in [0, 0.05) is 0 Å². The van der Waals surface area contributed by atoms with Crippen molar-refractivity contribution < 1.29 is 14.9 Å². The Bertz CT molecular complexity index is 550. The highest BCUT2D eigenvalue weighted by Gasteiger charge is 2.62. The average molecular weight is 379 g/mol. The van der Waals surface area contributed by atoms with Gasteiger partial charge in [-0.25, -0.2) is 0 Å². The molecule has 3 saturated carbocycles. The van der Waals surface area contributed by atoms with Gasteiger partial charge in [0.15, 0.2) is 5.79 Å². The van der Waals surface area contributed by atoms with Crippen molar-refractivity contribution in [3.8, 4) is 0 Å². The molecule has 4 aliphatic carbocycles. The summed E-state index contributed by atoms with van der Waals surface area (Å²) < 4.78 is 6.27. The van der Waals surface area contributed by atoms with Gasteiger partial charge in [-0.15, -0.1) is 0 Å². The Morgan fingerprint density at radius 3 is 2.33 bits per heavy atom. The highest BCUT2D eigenvalue weighted by Crippen LogP contribution is 2.66. The second-order valence-electron chi connectivity index (χ2n) is 10.3. The standard InChI is InChI=1S/C22H36O3.C2H6/c1-20(2,24)25-17-13-14-7-5-6-11-21(14,3)16-10-12-22(4)15(19(16)17)8-9-18(22)23;1-2/h5,7,14-19,23-24H,6,8-13H2,1-4H3;1-2H3/t14?,15?,16?,17-,18?,19?,21-,22-;/m0./s1. The fourth-order valence-electron chi connectivity index (χ4n) is 7.23. The zero-order valence-corrected chi connectivity index (χ0v) is 18.4. The molecule has 4 rings (SSSR count). The van der Waals surface area contributed by atoms with Crippen LogP contribution in [0.4, 0.5) is 0 Å². The molecule has 8 atom stereocenters. The first-order chi connectivity index (χ1) is 12.7. The van der Waals surface area contributed by atoms with Gasteiger partial charge in [0.25, 0.3) is 0 Å². The van der Waals surface area contributed by atoms with Crippen LogP contribution < -0.4 is 0 Å². The molecule has 0 saturated heterocycles. The van der Waals surface area contributed by atoms with E-state index < -0.39 is 5.79 Å². The summed E-state index contributed by atoms with van der Waals surface area (Å²) in [5.74, 6) is 1.11. The molecular formula is C24H42O3. The lowest BCUT2D eigenvalue weighted by atomic mass is 9.45. The third-order valence-electron chi connectivity index (χ3n) is 8.55. The van der Waals surface area contributed by atoms with Gasteiger partial charge < -0.3 is 14.9 Å². The van der Waals surface area contributed by atoms with Crippen LogP contribution in [0, 0.1) is 34.5 Å². The van der Waals surface area contributed by atoms with Gasteiger partial charge >= 0.3 is 0 Å². The lowest BCUT2D eigenvalue weighted by molar-refractivity contribution is -0.259. The summed E-state index contributed by atoms with van der Waals surface area (Å²) in [6.07, 6.45) is 12.6. The second kappa shape index (κ2) is 7.46. The maximum atomic E-state index is 10.7. The zero-order chi connectivity index (χ0) is 20.0. The molecule has 0 amide bonds. The summed E-state index contributed by atoms with van der Waals surface area (Å²) in [6.45, 7) is 12.3. The Labute approximate surface area is 166 Å². The fourth-order valence-corrected chi connectivity index (χ4v) is 7.23. The van der Waals surface area contributed by atoms with Crippen LogP contribution in [-0.2, 0) is 4.74 Å².